The fourth-order valence-corrected chi connectivity index (χ4v) is 2.82. The summed E-state index contributed by atoms with van der Waals surface area (Å²) in [5, 5.41) is 13.3. The molecule has 134 valence electrons. The Morgan fingerprint density at radius 1 is 1.15 bits per heavy atom. The van der Waals surface area contributed by atoms with Gasteiger partial charge >= 0.3 is 0 Å². The standard InChI is InChI=1S/C20H20FN3O2/c1-2-18-13-19(15-7-9-17(21)10-8-15)22-24(18)12-11-14-3-5-16(6-4-14)20(25)23-26/h3-10,13,26H,2,11-12H2,1H3,(H,23,25). The van der Waals surface area contributed by atoms with Crippen molar-refractivity contribution in [3.63, 3.8) is 0 Å². The molecule has 0 spiro atoms. The summed E-state index contributed by atoms with van der Waals surface area (Å²) in [6, 6.07) is 15.4. The van der Waals surface area contributed by atoms with Crippen LogP contribution in [0.2, 0.25) is 0 Å². The second-order valence-corrected chi connectivity index (χ2v) is 5.99. The van der Waals surface area contributed by atoms with Crippen molar-refractivity contribution in [3.8, 4) is 11.3 Å². The number of hydrogen-bond acceptors (Lipinski definition) is 3. The van der Waals surface area contributed by atoms with Crippen LogP contribution in [0.15, 0.2) is 54.6 Å². The van der Waals surface area contributed by atoms with Gasteiger partial charge in [-0.1, -0.05) is 19.1 Å². The number of halogens is 1. The molecule has 0 aliphatic carbocycles. The van der Waals surface area contributed by atoms with E-state index in [0.717, 1.165) is 35.4 Å². The maximum atomic E-state index is 13.1. The molecule has 3 aromatic rings. The number of benzene rings is 2. The molecule has 0 aliphatic heterocycles. The van der Waals surface area contributed by atoms with Gasteiger partial charge in [0.15, 0.2) is 0 Å². The van der Waals surface area contributed by atoms with Crippen molar-refractivity contribution >= 4 is 5.91 Å². The maximum absolute atomic E-state index is 13.1. The zero-order chi connectivity index (χ0) is 18.5. The Kier molecular flexibility index (Phi) is 5.43. The van der Waals surface area contributed by atoms with E-state index in [0.29, 0.717) is 12.1 Å². The Morgan fingerprint density at radius 3 is 2.46 bits per heavy atom. The summed E-state index contributed by atoms with van der Waals surface area (Å²) in [4.78, 5) is 11.3. The minimum Gasteiger partial charge on any atom is -0.288 e. The van der Waals surface area contributed by atoms with Gasteiger partial charge in [0.05, 0.1) is 5.69 Å². The van der Waals surface area contributed by atoms with E-state index in [4.69, 9.17) is 5.21 Å². The van der Waals surface area contributed by atoms with Crippen molar-refractivity contribution in [1.29, 1.82) is 0 Å². The van der Waals surface area contributed by atoms with Crippen LogP contribution in [0.3, 0.4) is 0 Å². The molecule has 0 atom stereocenters. The van der Waals surface area contributed by atoms with Crippen LogP contribution in [0.5, 0.6) is 0 Å². The highest BCUT2D eigenvalue weighted by Gasteiger charge is 2.09. The third kappa shape index (κ3) is 3.97. The third-order valence-corrected chi connectivity index (χ3v) is 4.30. The molecule has 0 fully saturated rings. The number of carbonyl (C=O) groups is 1. The molecule has 3 rings (SSSR count). The molecule has 2 N–H and O–H groups in total. The lowest BCUT2D eigenvalue weighted by atomic mass is 10.1. The molecule has 0 bridgehead atoms. The number of aromatic nitrogens is 2. The molecule has 26 heavy (non-hydrogen) atoms. The molecular weight excluding hydrogens is 333 g/mol. The highest BCUT2D eigenvalue weighted by molar-refractivity contribution is 5.93. The second kappa shape index (κ2) is 7.93. The summed E-state index contributed by atoms with van der Waals surface area (Å²) in [7, 11) is 0. The number of nitrogens with one attached hydrogen (secondary N) is 1. The van der Waals surface area contributed by atoms with Gasteiger partial charge in [-0.2, -0.15) is 5.10 Å². The SMILES string of the molecule is CCc1cc(-c2ccc(F)cc2)nn1CCc1ccc(C(=O)NO)cc1. The van der Waals surface area contributed by atoms with E-state index in [1.807, 2.05) is 22.9 Å². The smallest absolute Gasteiger partial charge is 0.274 e. The zero-order valence-corrected chi connectivity index (χ0v) is 14.4. The van der Waals surface area contributed by atoms with E-state index in [-0.39, 0.29) is 5.82 Å². The van der Waals surface area contributed by atoms with Gasteiger partial charge in [0.1, 0.15) is 5.82 Å². The lowest BCUT2D eigenvalue weighted by Gasteiger charge is -2.07. The average Bonchev–Trinajstić information content (AvgIpc) is 3.10. The van der Waals surface area contributed by atoms with E-state index in [9.17, 15) is 9.18 Å². The molecule has 2 aromatic carbocycles. The molecule has 1 aromatic heterocycles. The van der Waals surface area contributed by atoms with Crippen LogP contribution in [-0.4, -0.2) is 20.9 Å². The first kappa shape index (κ1) is 17.8. The monoisotopic (exact) mass is 353 g/mol. The van der Waals surface area contributed by atoms with Crippen LogP contribution < -0.4 is 5.48 Å². The molecule has 0 saturated carbocycles. The number of hydroxylamine groups is 1. The Balaban J connectivity index is 1.73. The van der Waals surface area contributed by atoms with Gasteiger partial charge in [-0.15, -0.1) is 0 Å². The number of carbonyl (C=O) groups excluding carboxylic acids is 1. The Morgan fingerprint density at radius 2 is 1.85 bits per heavy atom. The van der Waals surface area contributed by atoms with Gasteiger partial charge in [0.25, 0.3) is 5.91 Å². The number of amides is 1. The highest BCUT2D eigenvalue weighted by atomic mass is 19.1. The van der Waals surface area contributed by atoms with Crippen molar-refractivity contribution in [3.05, 3.63) is 77.2 Å². The lowest BCUT2D eigenvalue weighted by Crippen LogP contribution is -2.18. The van der Waals surface area contributed by atoms with Crippen molar-refractivity contribution in [1.82, 2.24) is 15.3 Å². The van der Waals surface area contributed by atoms with Crippen LogP contribution in [0.1, 0.15) is 28.5 Å². The average molecular weight is 353 g/mol. The van der Waals surface area contributed by atoms with E-state index in [1.165, 1.54) is 12.1 Å². The quantitative estimate of drug-likeness (QED) is 0.525. The maximum Gasteiger partial charge on any atom is 0.274 e. The summed E-state index contributed by atoms with van der Waals surface area (Å²) in [5.74, 6) is -0.789. The Bertz CT molecular complexity index is 886. The van der Waals surface area contributed by atoms with Crippen molar-refractivity contribution in [2.75, 3.05) is 0 Å². The van der Waals surface area contributed by atoms with Crippen LogP contribution in [0, 0.1) is 5.82 Å². The topological polar surface area (TPSA) is 67.2 Å². The fraction of sp³-hybridized carbons (Fsp3) is 0.200. The van der Waals surface area contributed by atoms with Gasteiger partial charge < -0.3 is 0 Å². The molecule has 0 aliphatic rings. The highest BCUT2D eigenvalue weighted by Crippen LogP contribution is 2.20. The van der Waals surface area contributed by atoms with E-state index >= 15 is 0 Å². The van der Waals surface area contributed by atoms with Crippen LogP contribution in [-0.2, 0) is 19.4 Å². The van der Waals surface area contributed by atoms with E-state index < -0.39 is 5.91 Å². The Hall–Kier alpha value is -2.99. The third-order valence-electron chi connectivity index (χ3n) is 4.30. The molecule has 6 heteroatoms. The van der Waals surface area contributed by atoms with Gasteiger partial charge in [-0.05, 0) is 60.9 Å². The molecule has 1 amide bonds. The number of aryl methyl sites for hydroxylation is 3. The number of rotatable bonds is 6. The first-order valence-electron chi connectivity index (χ1n) is 8.46. The predicted octanol–water partition coefficient (Wildman–Crippen LogP) is 3.61. The first-order valence-corrected chi connectivity index (χ1v) is 8.46. The predicted molar refractivity (Wildman–Crippen MR) is 96.4 cm³/mol. The summed E-state index contributed by atoms with van der Waals surface area (Å²) in [6.07, 6.45) is 1.61. The van der Waals surface area contributed by atoms with E-state index in [2.05, 4.69) is 12.0 Å². The van der Waals surface area contributed by atoms with Gasteiger partial charge in [0, 0.05) is 23.4 Å². The largest absolute Gasteiger partial charge is 0.288 e. The number of nitrogens with zero attached hydrogens (tertiary/aromatic N) is 2. The van der Waals surface area contributed by atoms with E-state index in [1.54, 1.807) is 29.7 Å². The fourth-order valence-electron chi connectivity index (χ4n) is 2.82. The van der Waals surface area contributed by atoms with Gasteiger partial charge in [-0.25, -0.2) is 9.87 Å². The normalized spacial score (nSPS) is 10.7. The summed E-state index contributed by atoms with van der Waals surface area (Å²) < 4.78 is 15.1. The van der Waals surface area contributed by atoms with Crippen LogP contribution in [0.4, 0.5) is 4.39 Å². The summed E-state index contributed by atoms with van der Waals surface area (Å²) in [6.45, 7) is 2.78. The van der Waals surface area contributed by atoms with Gasteiger partial charge in [-0.3, -0.25) is 14.7 Å². The molecule has 5 nitrogen and oxygen atoms in total. The van der Waals surface area contributed by atoms with Crippen molar-refractivity contribution in [2.24, 2.45) is 0 Å². The zero-order valence-electron chi connectivity index (χ0n) is 14.4. The van der Waals surface area contributed by atoms with Crippen molar-refractivity contribution < 1.29 is 14.4 Å². The molecule has 0 saturated heterocycles. The lowest BCUT2D eigenvalue weighted by molar-refractivity contribution is 0.0706. The molecular formula is C20H20FN3O2. The van der Waals surface area contributed by atoms with Gasteiger partial charge in [0.2, 0.25) is 0 Å². The first-order chi connectivity index (χ1) is 12.6. The van der Waals surface area contributed by atoms with Crippen molar-refractivity contribution in [2.45, 2.75) is 26.3 Å². The molecule has 1 heterocycles. The van der Waals surface area contributed by atoms with Crippen LogP contribution >= 0.6 is 0 Å². The molecule has 0 unspecified atom stereocenters. The second-order valence-electron chi connectivity index (χ2n) is 5.99. The molecule has 0 radical (unpaired) electrons. The van der Waals surface area contributed by atoms with Crippen LogP contribution in [0.25, 0.3) is 11.3 Å². The Labute approximate surface area is 151 Å². The minimum atomic E-state index is -0.527. The minimum absolute atomic E-state index is 0.262. The summed E-state index contributed by atoms with van der Waals surface area (Å²) in [5.41, 5.74) is 5.92. The summed E-state index contributed by atoms with van der Waals surface area (Å²) >= 11 is 0. The number of hydrogen-bond donors (Lipinski definition) is 2.